The average Bonchev–Trinajstić information content (AvgIpc) is 3.26. The first-order valence-corrected chi connectivity index (χ1v) is 14.3. The van der Waals surface area contributed by atoms with E-state index < -0.39 is 58.2 Å². The van der Waals surface area contributed by atoms with Gasteiger partial charge in [0.2, 0.25) is 23.6 Å². The molecule has 10 heteroatoms. The first kappa shape index (κ1) is 27.9. The summed E-state index contributed by atoms with van der Waals surface area (Å²) < 4.78 is 14.0. The minimum absolute atomic E-state index is 0.0562. The molecule has 6 rings (SSSR count). The quantitative estimate of drug-likeness (QED) is 0.345. The van der Waals surface area contributed by atoms with Crippen LogP contribution in [0.2, 0.25) is 10.0 Å². The number of aromatic hydroxyl groups is 1. The van der Waals surface area contributed by atoms with Gasteiger partial charge in [0.15, 0.2) is 0 Å². The van der Waals surface area contributed by atoms with Gasteiger partial charge in [0.1, 0.15) is 11.6 Å². The van der Waals surface area contributed by atoms with Crippen LogP contribution in [0.25, 0.3) is 0 Å². The fraction of sp³-hybridized carbons (Fsp3) is 0.419. The summed E-state index contributed by atoms with van der Waals surface area (Å²) in [5.41, 5.74) is -0.556. The zero-order valence-corrected chi connectivity index (χ0v) is 24.5. The van der Waals surface area contributed by atoms with Gasteiger partial charge in [-0.05, 0) is 82.3 Å². The van der Waals surface area contributed by atoms with Gasteiger partial charge in [-0.25, -0.2) is 9.29 Å². The average molecular weight is 599 g/mol. The Bertz CT molecular complexity index is 1580. The molecule has 0 spiro atoms. The Morgan fingerprint density at radius 2 is 1.66 bits per heavy atom. The summed E-state index contributed by atoms with van der Waals surface area (Å²) in [4.78, 5) is 58.2. The Balaban J connectivity index is 1.53. The summed E-state index contributed by atoms with van der Waals surface area (Å²) in [5.74, 6) is -5.52. The number of allylic oxidation sites excluding steroid dienone is 2. The van der Waals surface area contributed by atoms with Crippen molar-refractivity contribution in [3.63, 3.8) is 0 Å². The van der Waals surface area contributed by atoms with Gasteiger partial charge in [-0.1, -0.05) is 40.9 Å². The van der Waals surface area contributed by atoms with Crippen molar-refractivity contribution in [2.45, 2.75) is 52.0 Å². The maximum atomic E-state index is 14.4. The Morgan fingerprint density at radius 1 is 0.951 bits per heavy atom. The van der Waals surface area contributed by atoms with E-state index in [1.54, 1.807) is 13.0 Å². The normalized spacial score (nSPS) is 31.3. The Kier molecular flexibility index (Phi) is 6.22. The zero-order valence-electron chi connectivity index (χ0n) is 23.0. The van der Waals surface area contributed by atoms with Gasteiger partial charge in [-0.15, -0.1) is 0 Å². The number of hydrogen-bond acceptors (Lipinski definition) is 5. The molecule has 2 saturated heterocycles. The molecule has 4 aliphatic rings. The second-order valence-corrected chi connectivity index (χ2v) is 13.5. The van der Waals surface area contributed by atoms with Crippen molar-refractivity contribution >= 4 is 52.5 Å². The molecule has 214 valence electrons. The van der Waals surface area contributed by atoms with Crippen LogP contribution in [0, 0.1) is 34.9 Å². The highest BCUT2D eigenvalue weighted by Gasteiger charge is 2.68. The Morgan fingerprint density at radius 3 is 2.29 bits per heavy atom. The number of amides is 4. The van der Waals surface area contributed by atoms with Crippen molar-refractivity contribution in [1.29, 1.82) is 0 Å². The molecule has 3 fully saturated rings. The van der Waals surface area contributed by atoms with Gasteiger partial charge in [0, 0.05) is 16.5 Å². The number of phenols is 1. The fourth-order valence-electron chi connectivity index (χ4n) is 7.64. The summed E-state index contributed by atoms with van der Waals surface area (Å²) in [5, 5.41) is 10.1. The van der Waals surface area contributed by atoms with Crippen LogP contribution in [-0.2, 0) is 19.2 Å². The first-order valence-electron chi connectivity index (χ1n) is 13.6. The van der Waals surface area contributed by atoms with E-state index in [-0.39, 0.29) is 39.7 Å². The summed E-state index contributed by atoms with van der Waals surface area (Å²) in [7, 11) is 0. The zero-order chi connectivity index (χ0) is 29.8. The summed E-state index contributed by atoms with van der Waals surface area (Å²) >= 11 is 12.7. The number of halogens is 3. The molecule has 2 aromatic rings. The van der Waals surface area contributed by atoms with Crippen molar-refractivity contribution in [2.24, 2.45) is 29.1 Å². The lowest BCUT2D eigenvalue weighted by molar-refractivity contribution is -0.145. The molecule has 4 amide bonds. The van der Waals surface area contributed by atoms with E-state index >= 15 is 0 Å². The molecule has 0 bridgehead atoms. The highest BCUT2D eigenvalue weighted by atomic mass is 35.5. The molecule has 6 atom stereocenters. The van der Waals surface area contributed by atoms with E-state index in [0.29, 0.717) is 12.0 Å². The molecule has 2 heterocycles. The fourth-order valence-corrected chi connectivity index (χ4v) is 8.10. The molecule has 6 unspecified atom stereocenters. The number of phenolic OH excluding ortho intramolecular Hbond substituents is 1. The SMILES string of the molecule is CC12C(=O)N(c3ccc(F)c(Cl)c3)C(=O)C1CC1C(=CCC3C(=O)N(C(C)(C)C)C(=O)C31)C2c1ccc(O)cc1Cl. The maximum absolute atomic E-state index is 14.4. The van der Waals surface area contributed by atoms with E-state index in [4.69, 9.17) is 23.2 Å². The molecule has 2 aliphatic carbocycles. The van der Waals surface area contributed by atoms with Gasteiger partial charge < -0.3 is 5.11 Å². The second-order valence-electron chi connectivity index (χ2n) is 12.6. The molecule has 2 aliphatic heterocycles. The van der Waals surface area contributed by atoms with E-state index in [2.05, 4.69) is 0 Å². The minimum atomic E-state index is -1.32. The van der Waals surface area contributed by atoms with E-state index in [9.17, 15) is 28.7 Å². The van der Waals surface area contributed by atoms with E-state index in [1.807, 2.05) is 26.8 Å². The van der Waals surface area contributed by atoms with Crippen molar-refractivity contribution in [2.75, 3.05) is 4.90 Å². The smallest absolute Gasteiger partial charge is 0.241 e. The van der Waals surface area contributed by atoms with Crippen LogP contribution in [-0.4, -0.2) is 39.2 Å². The van der Waals surface area contributed by atoms with Crippen LogP contribution in [0.3, 0.4) is 0 Å². The predicted octanol–water partition coefficient (Wildman–Crippen LogP) is 5.87. The van der Waals surface area contributed by atoms with Crippen LogP contribution in [0.4, 0.5) is 10.1 Å². The summed E-state index contributed by atoms with van der Waals surface area (Å²) in [6, 6.07) is 8.18. The number of carbonyl (C=O) groups is 4. The van der Waals surface area contributed by atoms with E-state index in [0.717, 1.165) is 16.5 Å². The topological polar surface area (TPSA) is 95.0 Å². The third-order valence-corrected chi connectivity index (χ3v) is 10.0. The number of rotatable bonds is 2. The molecule has 0 aromatic heterocycles. The maximum Gasteiger partial charge on any atom is 0.241 e. The third kappa shape index (κ3) is 3.83. The highest BCUT2D eigenvalue weighted by molar-refractivity contribution is 6.32. The highest BCUT2D eigenvalue weighted by Crippen LogP contribution is 2.64. The molecular weight excluding hydrogens is 570 g/mol. The van der Waals surface area contributed by atoms with Gasteiger partial charge >= 0.3 is 0 Å². The number of nitrogens with zero attached hydrogens (tertiary/aromatic N) is 2. The molecule has 41 heavy (non-hydrogen) atoms. The number of benzene rings is 2. The number of fused-ring (bicyclic) bond motifs is 4. The third-order valence-electron chi connectivity index (χ3n) is 9.40. The number of imide groups is 2. The number of hydrogen-bond donors (Lipinski definition) is 1. The molecule has 0 radical (unpaired) electrons. The van der Waals surface area contributed by atoms with Crippen LogP contribution >= 0.6 is 23.2 Å². The van der Waals surface area contributed by atoms with Crippen LogP contribution in [0.1, 0.15) is 52.0 Å². The monoisotopic (exact) mass is 598 g/mol. The van der Waals surface area contributed by atoms with Gasteiger partial charge in [-0.2, -0.15) is 0 Å². The first-order chi connectivity index (χ1) is 19.2. The van der Waals surface area contributed by atoms with Crippen molar-refractivity contribution in [3.05, 3.63) is 69.5 Å². The van der Waals surface area contributed by atoms with Crippen LogP contribution in [0.15, 0.2) is 48.0 Å². The number of carbonyl (C=O) groups excluding carboxylic acids is 4. The van der Waals surface area contributed by atoms with Gasteiger partial charge in [-0.3, -0.25) is 24.1 Å². The predicted molar refractivity (Wildman–Crippen MR) is 151 cm³/mol. The summed E-state index contributed by atoms with van der Waals surface area (Å²) in [6.07, 6.45) is 2.44. The number of likely N-dealkylation sites (tertiary alicyclic amines) is 1. The van der Waals surface area contributed by atoms with Crippen LogP contribution in [0.5, 0.6) is 5.75 Å². The van der Waals surface area contributed by atoms with Crippen LogP contribution < -0.4 is 4.90 Å². The lowest BCUT2D eigenvalue weighted by atomic mass is 9.51. The largest absolute Gasteiger partial charge is 0.508 e. The van der Waals surface area contributed by atoms with Gasteiger partial charge in [0.05, 0.1) is 33.9 Å². The second kappa shape index (κ2) is 9.13. The molecular formula is C31H29Cl2FN2O5. The lowest BCUT2D eigenvalue weighted by Crippen LogP contribution is -2.49. The number of anilines is 1. The molecule has 1 saturated carbocycles. The molecule has 7 nitrogen and oxygen atoms in total. The minimum Gasteiger partial charge on any atom is -0.508 e. The molecule has 2 aromatic carbocycles. The van der Waals surface area contributed by atoms with Crippen molar-refractivity contribution in [1.82, 2.24) is 4.90 Å². The standard InChI is InChI=1S/C31H29Cl2FN2O5/c1-30(2,3)36-26(38)18-9-8-16-19(24(18)28(36)40)13-20-27(39)35(14-5-10-23(34)22(33)11-14)29(41)31(20,4)25(16)17-7-6-15(37)12-21(17)32/h5-8,10-12,18-20,24-25,37H,9,13H2,1-4H3. The lowest BCUT2D eigenvalue weighted by Gasteiger charge is -2.49. The van der Waals surface area contributed by atoms with Gasteiger partial charge in [0.25, 0.3) is 0 Å². The Labute approximate surface area is 246 Å². The molecule has 1 N–H and O–H groups in total. The Hall–Kier alpha value is -3.23. The summed E-state index contributed by atoms with van der Waals surface area (Å²) in [6.45, 7) is 7.17. The van der Waals surface area contributed by atoms with Crippen molar-refractivity contribution in [3.8, 4) is 5.75 Å². The van der Waals surface area contributed by atoms with E-state index in [1.165, 1.54) is 29.2 Å². The van der Waals surface area contributed by atoms with Crippen molar-refractivity contribution < 1.29 is 28.7 Å².